The molecular weight excluding hydrogens is 642 g/mol. The molecule has 1 amide bonds. The predicted molar refractivity (Wildman–Crippen MR) is 129 cm³/mol. The minimum absolute atomic E-state index is 0.216. The van der Waals surface area contributed by atoms with Crippen molar-refractivity contribution in [2.45, 2.75) is 9.96 Å². The van der Waals surface area contributed by atoms with Gasteiger partial charge in [-0.25, -0.2) is 0 Å². The predicted octanol–water partition coefficient (Wildman–Crippen LogP) is 5.31. The molecule has 0 radical (unpaired) electrons. The average Bonchev–Trinajstić information content (AvgIpc) is 2.55. The average molecular weight is 655 g/mol. The Bertz CT molecular complexity index is 817. The van der Waals surface area contributed by atoms with Gasteiger partial charge in [0.1, 0.15) is 6.17 Å². The molecule has 1 atom stereocenters. The number of rotatable bonds is 4. The molecule has 0 aliphatic carbocycles. The molecule has 0 heterocycles. The molecule has 0 fully saturated rings. The summed E-state index contributed by atoms with van der Waals surface area (Å²) in [4.78, 5) is 12.5. The third-order valence-corrected chi connectivity index (χ3v) is 5.57. The van der Waals surface area contributed by atoms with Crippen molar-refractivity contribution < 1.29 is 4.79 Å². The Labute approximate surface area is 199 Å². The van der Waals surface area contributed by atoms with Crippen LogP contribution < -0.4 is 16.0 Å². The van der Waals surface area contributed by atoms with E-state index in [0.29, 0.717) is 5.56 Å². The molecule has 2 rings (SSSR count). The highest BCUT2D eigenvalue weighted by Gasteiger charge is 2.35. The van der Waals surface area contributed by atoms with Crippen molar-refractivity contribution in [1.29, 1.82) is 0 Å². The van der Waals surface area contributed by atoms with Crippen LogP contribution in [0.3, 0.4) is 0 Å². The summed E-state index contributed by atoms with van der Waals surface area (Å²) in [7, 11) is 0. The van der Waals surface area contributed by atoms with Crippen LogP contribution in [-0.4, -0.2) is 21.0 Å². The summed E-state index contributed by atoms with van der Waals surface area (Å²) in [6.07, 6.45) is -1.03. The van der Waals surface area contributed by atoms with E-state index in [1.54, 1.807) is 18.2 Å². The highest BCUT2D eigenvalue weighted by atomic mass is 127. The molecule has 0 bridgehead atoms. The van der Waals surface area contributed by atoms with Gasteiger partial charge in [-0.3, -0.25) is 4.79 Å². The first-order chi connectivity index (χ1) is 12.2. The van der Waals surface area contributed by atoms with Gasteiger partial charge >= 0.3 is 0 Å². The zero-order valence-electron chi connectivity index (χ0n) is 12.9. The SMILES string of the molecule is O=C(NC(NC(=S)Nc1ccccc1I)C(Cl)(Cl)Cl)c1cccc(I)c1. The molecule has 1 unspecified atom stereocenters. The smallest absolute Gasteiger partial charge is 0.253 e. The number of carbonyl (C=O) groups is 1. The van der Waals surface area contributed by atoms with E-state index < -0.39 is 9.96 Å². The molecule has 0 aromatic heterocycles. The lowest BCUT2D eigenvalue weighted by molar-refractivity contribution is 0.0934. The maximum atomic E-state index is 12.5. The summed E-state index contributed by atoms with van der Waals surface area (Å²) in [6, 6.07) is 14.6. The topological polar surface area (TPSA) is 53.2 Å². The normalized spacial score (nSPS) is 12.2. The van der Waals surface area contributed by atoms with E-state index in [1.165, 1.54) is 0 Å². The van der Waals surface area contributed by atoms with Crippen LogP contribution in [0.4, 0.5) is 5.69 Å². The van der Waals surface area contributed by atoms with Crippen LogP contribution in [0.15, 0.2) is 48.5 Å². The minimum Gasteiger partial charge on any atom is -0.339 e. The summed E-state index contributed by atoms with van der Waals surface area (Å²) < 4.78 is 0.0831. The zero-order chi connectivity index (χ0) is 19.3. The highest BCUT2D eigenvalue weighted by Crippen LogP contribution is 2.29. The van der Waals surface area contributed by atoms with E-state index in [2.05, 4.69) is 61.1 Å². The number of thiocarbonyl (C=S) groups is 1. The van der Waals surface area contributed by atoms with E-state index in [-0.39, 0.29) is 11.0 Å². The van der Waals surface area contributed by atoms with Gasteiger partial charge in [0.2, 0.25) is 3.79 Å². The number of amides is 1. The summed E-state index contributed by atoms with van der Waals surface area (Å²) in [5, 5.41) is 8.72. The molecule has 4 nitrogen and oxygen atoms in total. The molecule has 2 aromatic rings. The lowest BCUT2D eigenvalue weighted by Crippen LogP contribution is -2.56. The van der Waals surface area contributed by atoms with Crippen molar-refractivity contribution in [3.05, 3.63) is 61.2 Å². The highest BCUT2D eigenvalue weighted by molar-refractivity contribution is 14.1. The Kier molecular flexibility index (Phi) is 8.48. The van der Waals surface area contributed by atoms with E-state index in [9.17, 15) is 4.79 Å². The van der Waals surface area contributed by atoms with Crippen LogP contribution in [0.25, 0.3) is 0 Å². The van der Waals surface area contributed by atoms with Gasteiger partial charge in [0.05, 0.1) is 5.69 Å². The quantitative estimate of drug-likeness (QED) is 0.181. The number of benzene rings is 2. The molecule has 0 saturated carbocycles. The summed E-state index contributed by atoms with van der Waals surface area (Å²) >= 11 is 27.6. The largest absolute Gasteiger partial charge is 0.339 e. The van der Waals surface area contributed by atoms with E-state index in [0.717, 1.165) is 12.8 Å². The number of halogens is 5. The van der Waals surface area contributed by atoms with Gasteiger partial charge in [0, 0.05) is 12.7 Å². The summed E-state index contributed by atoms with van der Waals surface area (Å²) in [5.41, 5.74) is 1.26. The number of anilines is 1. The number of carbonyl (C=O) groups excluding carboxylic acids is 1. The minimum atomic E-state index is -1.81. The maximum Gasteiger partial charge on any atom is 0.253 e. The summed E-state index contributed by atoms with van der Waals surface area (Å²) in [5.74, 6) is -0.385. The molecule has 0 spiro atoms. The Hall–Kier alpha value is -0.0700. The number of hydrogen-bond donors (Lipinski definition) is 3. The van der Waals surface area contributed by atoms with Crippen molar-refractivity contribution in [3.63, 3.8) is 0 Å². The molecule has 0 aliphatic rings. The fraction of sp³-hybridized carbons (Fsp3) is 0.125. The Morgan fingerprint density at radius 2 is 1.73 bits per heavy atom. The molecule has 0 saturated heterocycles. The van der Waals surface area contributed by atoms with Gasteiger partial charge < -0.3 is 16.0 Å². The van der Waals surface area contributed by atoms with Gasteiger partial charge in [-0.2, -0.15) is 0 Å². The monoisotopic (exact) mass is 653 g/mol. The van der Waals surface area contributed by atoms with E-state index in [1.807, 2.05) is 30.3 Å². The van der Waals surface area contributed by atoms with Crippen molar-refractivity contribution in [1.82, 2.24) is 10.6 Å². The fourth-order valence-corrected chi connectivity index (χ4v) is 3.52. The second kappa shape index (κ2) is 9.92. The van der Waals surface area contributed by atoms with Crippen molar-refractivity contribution in [2.75, 3.05) is 5.32 Å². The van der Waals surface area contributed by atoms with Gasteiger partial charge in [-0.05, 0) is 87.7 Å². The van der Waals surface area contributed by atoms with Crippen LogP contribution in [0, 0.1) is 7.14 Å². The number of para-hydroxylation sites is 1. The Balaban J connectivity index is 2.09. The van der Waals surface area contributed by atoms with Crippen molar-refractivity contribution >= 4 is 109 Å². The van der Waals surface area contributed by atoms with Gasteiger partial charge in [-0.1, -0.05) is 53.0 Å². The number of nitrogens with one attached hydrogen (secondary N) is 3. The molecule has 2 aromatic carbocycles. The third-order valence-electron chi connectivity index (χ3n) is 3.09. The van der Waals surface area contributed by atoms with Gasteiger partial charge in [-0.15, -0.1) is 0 Å². The van der Waals surface area contributed by atoms with Gasteiger partial charge in [0.25, 0.3) is 5.91 Å². The maximum absolute atomic E-state index is 12.5. The lowest BCUT2D eigenvalue weighted by Gasteiger charge is -2.28. The molecule has 3 N–H and O–H groups in total. The van der Waals surface area contributed by atoms with Crippen LogP contribution in [-0.2, 0) is 0 Å². The molecule has 0 aliphatic heterocycles. The first-order valence-corrected chi connectivity index (χ1v) is 10.8. The van der Waals surface area contributed by atoms with Gasteiger partial charge in [0.15, 0.2) is 5.11 Å². The molecule has 26 heavy (non-hydrogen) atoms. The lowest BCUT2D eigenvalue weighted by atomic mass is 10.2. The molecular formula is C16H12Cl3I2N3OS. The second-order valence-corrected chi connectivity index (χ2v) is 10.2. The molecule has 138 valence electrons. The number of alkyl halides is 3. The second-order valence-electron chi connectivity index (χ2n) is 5.04. The van der Waals surface area contributed by atoms with E-state index >= 15 is 0 Å². The third kappa shape index (κ3) is 6.83. The number of hydrogen-bond acceptors (Lipinski definition) is 2. The first kappa shape index (κ1) is 22.2. The Morgan fingerprint density at radius 3 is 2.35 bits per heavy atom. The zero-order valence-corrected chi connectivity index (χ0v) is 20.3. The van der Waals surface area contributed by atoms with Crippen LogP contribution in [0.5, 0.6) is 0 Å². The van der Waals surface area contributed by atoms with Crippen LogP contribution in [0.1, 0.15) is 10.4 Å². The fourth-order valence-electron chi connectivity index (χ4n) is 1.90. The van der Waals surface area contributed by atoms with Crippen molar-refractivity contribution in [3.8, 4) is 0 Å². The summed E-state index contributed by atoms with van der Waals surface area (Å²) in [6.45, 7) is 0. The van der Waals surface area contributed by atoms with Crippen molar-refractivity contribution in [2.24, 2.45) is 0 Å². The first-order valence-electron chi connectivity index (χ1n) is 7.12. The standard InChI is InChI=1S/C16H12Cl3I2N3OS/c17-16(18,19)14(23-13(25)9-4-3-5-10(20)8-9)24-15(26)22-12-7-2-1-6-11(12)21/h1-8,14H,(H,23,25)(H2,22,24,26). The molecule has 10 heteroatoms. The van der Waals surface area contributed by atoms with Crippen LogP contribution >= 0.6 is 92.2 Å². The van der Waals surface area contributed by atoms with E-state index in [4.69, 9.17) is 47.0 Å². The van der Waals surface area contributed by atoms with Crippen LogP contribution in [0.2, 0.25) is 0 Å². The Morgan fingerprint density at radius 1 is 1.04 bits per heavy atom.